The zero-order valence-corrected chi connectivity index (χ0v) is 13.1. The lowest BCUT2D eigenvalue weighted by atomic mass is 10.2. The lowest BCUT2D eigenvalue weighted by Crippen LogP contribution is -2.49. The van der Waals surface area contributed by atoms with Gasteiger partial charge >= 0.3 is 6.03 Å². The zero-order chi connectivity index (χ0) is 16.9. The molecule has 1 aliphatic heterocycles. The predicted molar refractivity (Wildman–Crippen MR) is 86.5 cm³/mol. The first-order chi connectivity index (χ1) is 11.6. The van der Waals surface area contributed by atoms with Crippen LogP contribution in [0.25, 0.3) is 0 Å². The largest absolute Gasteiger partial charge is 0.322 e. The van der Waals surface area contributed by atoms with Crippen LogP contribution in [0.5, 0.6) is 0 Å². The van der Waals surface area contributed by atoms with Crippen molar-refractivity contribution >= 4 is 11.7 Å². The third-order valence-corrected chi connectivity index (χ3v) is 4.01. The number of amides is 2. The van der Waals surface area contributed by atoms with Gasteiger partial charge in [-0.1, -0.05) is 6.07 Å². The Morgan fingerprint density at radius 1 is 1.04 bits per heavy atom. The van der Waals surface area contributed by atoms with Crippen molar-refractivity contribution in [2.75, 3.05) is 31.5 Å². The number of carbonyl (C=O) groups excluding carboxylic acids is 1. The van der Waals surface area contributed by atoms with E-state index in [1.54, 1.807) is 17.3 Å². The van der Waals surface area contributed by atoms with Gasteiger partial charge in [-0.15, -0.1) is 0 Å². The summed E-state index contributed by atoms with van der Waals surface area (Å²) >= 11 is 0. The predicted octanol–water partition coefficient (Wildman–Crippen LogP) is 2.71. The fraction of sp³-hybridized carbons (Fsp3) is 0.294. The van der Waals surface area contributed by atoms with Crippen molar-refractivity contribution < 1.29 is 13.6 Å². The summed E-state index contributed by atoms with van der Waals surface area (Å²) in [5, 5.41) is 2.32. The van der Waals surface area contributed by atoms with Crippen LogP contribution >= 0.6 is 0 Å². The summed E-state index contributed by atoms with van der Waals surface area (Å²) in [6, 6.07) is 6.93. The molecule has 1 saturated heterocycles. The average Bonchev–Trinajstić information content (AvgIpc) is 2.60. The average molecular weight is 332 g/mol. The van der Waals surface area contributed by atoms with E-state index >= 15 is 0 Å². The highest BCUT2D eigenvalue weighted by molar-refractivity contribution is 5.89. The molecule has 0 saturated carbocycles. The molecule has 0 unspecified atom stereocenters. The van der Waals surface area contributed by atoms with E-state index in [1.807, 2.05) is 12.1 Å². The van der Waals surface area contributed by atoms with E-state index in [4.69, 9.17) is 0 Å². The molecule has 7 heteroatoms. The molecule has 2 aromatic rings. The first kappa shape index (κ1) is 16.3. The van der Waals surface area contributed by atoms with Gasteiger partial charge in [-0.3, -0.25) is 9.88 Å². The van der Waals surface area contributed by atoms with Crippen LogP contribution in [0.15, 0.2) is 42.7 Å². The van der Waals surface area contributed by atoms with Crippen molar-refractivity contribution in [1.82, 2.24) is 14.8 Å². The van der Waals surface area contributed by atoms with Crippen LogP contribution < -0.4 is 5.32 Å². The van der Waals surface area contributed by atoms with Crippen LogP contribution in [0.1, 0.15) is 5.56 Å². The molecule has 0 aliphatic carbocycles. The molecule has 2 amide bonds. The third-order valence-electron chi connectivity index (χ3n) is 4.01. The first-order valence-electron chi connectivity index (χ1n) is 7.74. The molecule has 126 valence electrons. The van der Waals surface area contributed by atoms with Crippen molar-refractivity contribution in [2.24, 2.45) is 0 Å². The van der Waals surface area contributed by atoms with E-state index in [1.165, 1.54) is 6.07 Å². The van der Waals surface area contributed by atoms with Crippen LogP contribution in [0.4, 0.5) is 19.3 Å². The smallest absolute Gasteiger partial charge is 0.322 e. The Morgan fingerprint density at radius 2 is 1.67 bits per heavy atom. The number of aromatic nitrogens is 1. The zero-order valence-electron chi connectivity index (χ0n) is 13.1. The molecule has 5 nitrogen and oxygen atoms in total. The number of para-hydroxylation sites is 1. The second-order valence-corrected chi connectivity index (χ2v) is 5.65. The van der Waals surface area contributed by atoms with Crippen molar-refractivity contribution in [3.63, 3.8) is 0 Å². The molecule has 2 heterocycles. The Morgan fingerprint density at radius 3 is 2.29 bits per heavy atom. The number of benzene rings is 1. The van der Waals surface area contributed by atoms with Crippen LogP contribution in [0.3, 0.4) is 0 Å². The van der Waals surface area contributed by atoms with Crippen molar-refractivity contribution in [2.45, 2.75) is 6.54 Å². The molecule has 24 heavy (non-hydrogen) atoms. The third kappa shape index (κ3) is 3.86. The van der Waals surface area contributed by atoms with Gasteiger partial charge in [0.15, 0.2) is 0 Å². The van der Waals surface area contributed by atoms with Crippen molar-refractivity contribution in [3.8, 4) is 0 Å². The van der Waals surface area contributed by atoms with Crippen LogP contribution in [-0.4, -0.2) is 47.0 Å². The quantitative estimate of drug-likeness (QED) is 0.940. The number of pyridine rings is 1. The lowest BCUT2D eigenvalue weighted by Gasteiger charge is -2.34. The molecule has 1 aromatic carbocycles. The molecule has 1 fully saturated rings. The number of rotatable bonds is 3. The second-order valence-electron chi connectivity index (χ2n) is 5.65. The van der Waals surface area contributed by atoms with Gasteiger partial charge in [0.1, 0.15) is 17.3 Å². The van der Waals surface area contributed by atoms with Crippen LogP contribution in [0, 0.1) is 11.6 Å². The monoisotopic (exact) mass is 332 g/mol. The molecular formula is C17H18F2N4O. The summed E-state index contributed by atoms with van der Waals surface area (Å²) in [4.78, 5) is 20.0. The van der Waals surface area contributed by atoms with Gasteiger partial charge in [0.2, 0.25) is 0 Å². The van der Waals surface area contributed by atoms with Gasteiger partial charge in [0.05, 0.1) is 0 Å². The van der Waals surface area contributed by atoms with E-state index in [0.717, 1.165) is 24.2 Å². The molecule has 3 rings (SSSR count). The highest BCUT2D eigenvalue weighted by atomic mass is 19.1. The van der Waals surface area contributed by atoms with Crippen molar-refractivity contribution in [3.05, 3.63) is 59.9 Å². The minimum atomic E-state index is -0.778. The molecule has 0 spiro atoms. The molecule has 1 N–H and O–H groups in total. The second kappa shape index (κ2) is 7.35. The summed E-state index contributed by atoms with van der Waals surface area (Å²) < 4.78 is 27.2. The van der Waals surface area contributed by atoms with E-state index < -0.39 is 23.4 Å². The molecule has 1 aliphatic rings. The Kier molecular flexibility index (Phi) is 5.00. The minimum absolute atomic E-state index is 0.401. The van der Waals surface area contributed by atoms with Gasteiger partial charge in [-0.2, -0.15) is 0 Å². The fourth-order valence-electron chi connectivity index (χ4n) is 2.66. The number of piperazine rings is 1. The van der Waals surface area contributed by atoms with Gasteiger partial charge in [-0.25, -0.2) is 13.6 Å². The number of nitrogens with zero attached hydrogens (tertiary/aromatic N) is 3. The number of urea groups is 1. The normalized spacial score (nSPS) is 15.3. The number of hydrogen-bond donors (Lipinski definition) is 1. The first-order valence-corrected chi connectivity index (χ1v) is 7.74. The SMILES string of the molecule is O=C(Nc1c(F)cccc1F)N1CCN(Cc2ccncc2)CC1. The van der Waals surface area contributed by atoms with Gasteiger partial charge < -0.3 is 10.2 Å². The van der Waals surface area contributed by atoms with E-state index in [0.29, 0.717) is 26.2 Å². The maximum absolute atomic E-state index is 13.6. The Balaban J connectivity index is 1.54. The Labute approximate surface area is 138 Å². The number of anilines is 1. The lowest BCUT2D eigenvalue weighted by molar-refractivity contribution is 0.143. The summed E-state index contributed by atoms with van der Waals surface area (Å²) in [5.41, 5.74) is 0.762. The number of carbonyl (C=O) groups is 1. The Bertz CT molecular complexity index is 683. The number of hydrogen-bond acceptors (Lipinski definition) is 3. The van der Waals surface area contributed by atoms with E-state index in [-0.39, 0.29) is 0 Å². The summed E-state index contributed by atoms with van der Waals surface area (Å²) in [7, 11) is 0. The van der Waals surface area contributed by atoms with Gasteiger partial charge in [0, 0.05) is 45.1 Å². The summed E-state index contributed by atoms with van der Waals surface area (Å²) in [6.07, 6.45) is 3.50. The molecule has 1 aromatic heterocycles. The van der Waals surface area contributed by atoms with E-state index in [2.05, 4.69) is 15.2 Å². The van der Waals surface area contributed by atoms with Crippen molar-refractivity contribution in [1.29, 1.82) is 0 Å². The molecule has 0 radical (unpaired) electrons. The number of halogens is 2. The summed E-state index contributed by atoms with van der Waals surface area (Å²) in [6.45, 7) is 3.21. The topological polar surface area (TPSA) is 48.5 Å². The minimum Gasteiger partial charge on any atom is -0.322 e. The highest BCUT2D eigenvalue weighted by Crippen LogP contribution is 2.19. The maximum atomic E-state index is 13.6. The Hall–Kier alpha value is -2.54. The standard InChI is InChI=1S/C17H18F2N4O/c18-14-2-1-3-15(19)16(14)21-17(24)23-10-8-22(9-11-23)12-13-4-6-20-7-5-13/h1-7H,8-12H2,(H,21,24). The number of nitrogens with one attached hydrogen (secondary N) is 1. The summed E-state index contributed by atoms with van der Waals surface area (Å²) in [5.74, 6) is -1.56. The van der Waals surface area contributed by atoms with E-state index in [9.17, 15) is 13.6 Å². The molecule has 0 atom stereocenters. The van der Waals surface area contributed by atoms with Crippen LogP contribution in [-0.2, 0) is 6.54 Å². The molecule has 0 bridgehead atoms. The highest BCUT2D eigenvalue weighted by Gasteiger charge is 2.22. The maximum Gasteiger partial charge on any atom is 0.322 e. The molecular weight excluding hydrogens is 314 g/mol. The van der Waals surface area contributed by atoms with Gasteiger partial charge in [0.25, 0.3) is 0 Å². The fourth-order valence-corrected chi connectivity index (χ4v) is 2.66. The van der Waals surface area contributed by atoms with Gasteiger partial charge in [-0.05, 0) is 29.8 Å². The van der Waals surface area contributed by atoms with Crippen LogP contribution in [0.2, 0.25) is 0 Å².